The van der Waals surface area contributed by atoms with Gasteiger partial charge in [-0.15, -0.1) is 0 Å². The fourth-order valence-electron chi connectivity index (χ4n) is 7.20. The van der Waals surface area contributed by atoms with Crippen molar-refractivity contribution >= 4 is 5.78 Å². The van der Waals surface area contributed by atoms with Crippen molar-refractivity contribution in [1.82, 2.24) is 0 Å². The van der Waals surface area contributed by atoms with E-state index < -0.39 is 0 Å². The van der Waals surface area contributed by atoms with E-state index in [9.17, 15) is 4.79 Å². The molecule has 1 spiro atoms. The molecular formula is C21H22O. The van der Waals surface area contributed by atoms with Crippen LogP contribution in [0.5, 0.6) is 0 Å². The van der Waals surface area contributed by atoms with Gasteiger partial charge in [-0.2, -0.15) is 0 Å². The fourth-order valence-corrected chi connectivity index (χ4v) is 7.20. The minimum atomic E-state index is 0.268. The molecule has 5 atom stereocenters. The quantitative estimate of drug-likeness (QED) is 0.635. The van der Waals surface area contributed by atoms with Gasteiger partial charge >= 0.3 is 0 Å². The number of hydrogen-bond acceptors (Lipinski definition) is 1. The second kappa shape index (κ2) is 3.58. The summed E-state index contributed by atoms with van der Waals surface area (Å²) in [4.78, 5) is 13.3. The minimum Gasteiger partial charge on any atom is -0.294 e. The number of Topliss-reactive ketones (excluding diaryl/α,β-unsaturated/α-hetero) is 1. The average molecular weight is 290 g/mol. The summed E-state index contributed by atoms with van der Waals surface area (Å²) in [7, 11) is 0. The zero-order valence-electron chi connectivity index (χ0n) is 13.2. The first-order valence-electron chi connectivity index (χ1n) is 9.10. The van der Waals surface area contributed by atoms with E-state index in [0.29, 0.717) is 11.7 Å². The van der Waals surface area contributed by atoms with E-state index in [-0.39, 0.29) is 11.3 Å². The summed E-state index contributed by atoms with van der Waals surface area (Å²) in [6, 6.07) is 6.61. The summed E-state index contributed by atoms with van der Waals surface area (Å²) in [6.45, 7) is 2.45. The molecule has 1 fully saturated rings. The Morgan fingerprint density at radius 1 is 1.23 bits per heavy atom. The molecule has 0 amide bonds. The summed E-state index contributed by atoms with van der Waals surface area (Å²) < 4.78 is 0. The van der Waals surface area contributed by atoms with Gasteiger partial charge in [0.05, 0.1) is 0 Å². The van der Waals surface area contributed by atoms with Crippen molar-refractivity contribution in [2.45, 2.75) is 51.4 Å². The van der Waals surface area contributed by atoms with Gasteiger partial charge in [0.2, 0.25) is 0 Å². The molecule has 0 aliphatic heterocycles. The Morgan fingerprint density at radius 3 is 3.05 bits per heavy atom. The van der Waals surface area contributed by atoms with Crippen molar-refractivity contribution in [3.05, 3.63) is 46.0 Å². The van der Waals surface area contributed by atoms with Gasteiger partial charge in [-0.1, -0.05) is 36.3 Å². The first-order valence-corrected chi connectivity index (χ1v) is 9.10. The molecule has 112 valence electrons. The highest BCUT2D eigenvalue weighted by Crippen LogP contribution is 2.71. The first-order chi connectivity index (χ1) is 10.7. The number of fused-ring (bicyclic) bond motifs is 2. The summed E-state index contributed by atoms with van der Waals surface area (Å²) in [5, 5.41) is 0. The van der Waals surface area contributed by atoms with Crippen LogP contribution in [0.1, 0.15) is 66.4 Å². The van der Waals surface area contributed by atoms with Crippen LogP contribution in [0, 0.1) is 23.2 Å². The number of benzene rings is 1. The van der Waals surface area contributed by atoms with Gasteiger partial charge in [-0.25, -0.2) is 0 Å². The zero-order valence-corrected chi connectivity index (χ0v) is 13.2. The van der Waals surface area contributed by atoms with Crippen molar-refractivity contribution in [3.8, 4) is 0 Å². The molecule has 1 nitrogen and oxygen atoms in total. The van der Waals surface area contributed by atoms with Gasteiger partial charge in [-0.3, -0.25) is 4.79 Å². The third kappa shape index (κ3) is 1.10. The van der Waals surface area contributed by atoms with Gasteiger partial charge < -0.3 is 0 Å². The lowest BCUT2D eigenvalue weighted by Gasteiger charge is -2.41. The molecule has 6 aliphatic rings. The largest absolute Gasteiger partial charge is 0.294 e. The standard InChI is InChI=1S/C21H22O/c1-11-9-17-19-12-7-8-21(17,10-12)16-6-5-13-14(18(11)19)3-2-4-15(13)20(16)22/h2-4,11-12,16,18H,5-10H2,1H3. The normalized spacial score (nSPS) is 43.6. The van der Waals surface area contributed by atoms with E-state index in [0.717, 1.165) is 30.2 Å². The lowest BCUT2D eigenvalue weighted by molar-refractivity contribution is 0.0766. The maximum absolute atomic E-state index is 13.3. The monoisotopic (exact) mass is 290 g/mol. The molecule has 9 bridgehead atoms. The van der Waals surface area contributed by atoms with Crippen molar-refractivity contribution in [3.63, 3.8) is 0 Å². The number of rotatable bonds is 0. The summed E-state index contributed by atoms with van der Waals surface area (Å²) in [5.41, 5.74) is 7.85. The van der Waals surface area contributed by atoms with E-state index in [1.165, 1.54) is 36.8 Å². The van der Waals surface area contributed by atoms with Gasteiger partial charge in [0.25, 0.3) is 0 Å². The predicted molar refractivity (Wildman–Crippen MR) is 85.9 cm³/mol. The number of carbonyl (C=O) groups is 1. The highest BCUT2D eigenvalue weighted by atomic mass is 16.1. The lowest BCUT2D eigenvalue weighted by atomic mass is 9.62. The Kier molecular flexibility index (Phi) is 1.97. The van der Waals surface area contributed by atoms with Crippen molar-refractivity contribution in [1.29, 1.82) is 0 Å². The SMILES string of the molecule is CC1CC2=C3C4CCC2(C4)C2CCc4c(cccc4C31)C2=O. The van der Waals surface area contributed by atoms with Crippen LogP contribution in [0.4, 0.5) is 0 Å². The number of carbonyl (C=O) groups excluding carboxylic acids is 1. The first kappa shape index (κ1) is 12.1. The molecule has 0 saturated heterocycles. The van der Waals surface area contributed by atoms with Crippen LogP contribution in [-0.4, -0.2) is 5.78 Å². The predicted octanol–water partition coefficient (Wildman–Crippen LogP) is 4.67. The Morgan fingerprint density at radius 2 is 2.14 bits per heavy atom. The van der Waals surface area contributed by atoms with Crippen LogP contribution in [-0.2, 0) is 6.42 Å². The second-order valence-electron chi connectivity index (χ2n) is 8.52. The molecule has 1 aromatic rings. The lowest BCUT2D eigenvalue weighted by Crippen LogP contribution is -2.38. The van der Waals surface area contributed by atoms with Gasteiger partial charge in [0.1, 0.15) is 0 Å². The molecule has 5 unspecified atom stereocenters. The Hall–Kier alpha value is -1.37. The summed E-state index contributed by atoms with van der Waals surface area (Å²) in [5.74, 6) is 2.94. The van der Waals surface area contributed by atoms with E-state index in [1.807, 2.05) is 0 Å². The summed E-state index contributed by atoms with van der Waals surface area (Å²) >= 11 is 0. The van der Waals surface area contributed by atoms with Crippen LogP contribution in [0.2, 0.25) is 0 Å². The average Bonchev–Trinajstić information content (AvgIpc) is 3.17. The molecule has 0 N–H and O–H groups in total. The second-order valence-corrected chi connectivity index (χ2v) is 8.52. The molecule has 22 heavy (non-hydrogen) atoms. The van der Waals surface area contributed by atoms with Gasteiger partial charge in [0.15, 0.2) is 5.78 Å². The summed E-state index contributed by atoms with van der Waals surface area (Å²) in [6.07, 6.45) is 7.45. The molecule has 6 aliphatic carbocycles. The van der Waals surface area contributed by atoms with Gasteiger partial charge in [-0.05, 0) is 61.5 Å². The molecule has 0 aromatic heterocycles. The van der Waals surface area contributed by atoms with E-state index >= 15 is 0 Å². The van der Waals surface area contributed by atoms with E-state index in [2.05, 4.69) is 25.1 Å². The molecular weight excluding hydrogens is 268 g/mol. The third-order valence-electron chi connectivity index (χ3n) is 7.85. The molecule has 0 heterocycles. The number of ketones is 1. The Bertz CT molecular complexity index is 770. The van der Waals surface area contributed by atoms with Crippen molar-refractivity contribution in [2.24, 2.45) is 23.2 Å². The molecule has 1 saturated carbocycles. The topological polar surface area (TPSA) is 17.1 Å². The van der Waals surface area contributed by atoms with Crippen LogP contribution >= 0.6 is 0 Å². The van der Waals surface area contributed by atoms with Crippen LogP contribution in [0.15, 0.2) is 29.3 Å². The molecule has 0 radical (unpaired) electrons. The smallest absolute Gasteiger partial charge is 0.167 e. The molecule has 7 rings (SSSR count). The van der Waals surface area contributed by atoms with Crippen molar-refractivity contribution < 1.29 is 4.79 Å². The number of hydrogen-bond donors (Lipinski definition) is 0. The maximum atomic E-state index is 13.3. The Balaban J connectivity index is 1.75. The molecule has 1 heteroatoms. The van der Waals surface area contributed by atoms with Crippen LogP contribution in [0.25, 0.3) is 0 Å². The highest BCUT2D eigenvalue weighted by molar-refractivity contribution is 6.01. The minimum absolute atomic E-state index is 0.268. The maximum Gasteiger partial charge on any atom is 0.167 e. The van der Waals surface area contributed by atoms with Crippen LogP contribution < -0.4 is 0 Å². The third-order valence-corrected chi connectivity index (χ3v) is 7.85. The number of allylic oxidation sites excluding steroid dienone is 2. The fraction of sp³-hybridized carbons (Fsp3) is 0.571. The Labute approximate surface area is 131 Å². The van der Waals surface area contributed by atoms with Crippen LogP contribution in [0.3, 0.4) is 0 Å². The zero-order chi connectivity index (χ0) is 14.6. The van der Waals surface area contributed by atoms with E-state index in [1.54, 1.807) is 11.1 Å². The van der Waals surface area contributed by atoms with Gasteiger partial charge in [0, 0.05) is 22.8 Å². The molecule has 1 aromatic carbocycles. The van der Waals surface area contributed by atoms with Crippen molar-refractivity contribution in [2.75, 3.05) is 0 Å². The van der Waals surface area contributed by atoms with E-state index in [4.69, 9.17) is 0 Å². The highest BCUT2D eigenvalue weighted by Gasteiger charge is 2.61.